The number of nitrogens with one attached hydrogen (secondary N) is 1. The highest BCUT2D eigenvalue weighted by Gasteiger charge is 2.31. The lowest BCUT2D eigenvalue weighted by atomic mass is 10.1. The second kappa shape index (κ2) is 4.61. The highest BCUT2D eigenvalue weighted by atomic mass is 19.4. The molecule has 0 bridgehead atoms. The first kappa shape index (κ1) is 12.6. The van der Waals surface area contributed by atoms with Gasteiger partial charge in [0.25, 0.3) is 0 Å². The van der Waals surface area contributed by atoms with E-state index < -0.39 is 28.9 Å². The van der Waals surface area contributed by atoms with Crippen molar-refractivity contribution in [3.8, 4) is 0 Å². The van der Waals surface area contributed by atoms with E-state index >= 15 is 0 Å². The fourth-order valence-corrected chi connectivity index (χ4v) is 1.17. The normalized spacial score (nSPS) is 11.6. The first-order chi connectivity index (χ1) is 7.36. The van der Waals surface area contributed by atoms with Crippen molar-refractivity contribution in [3.63, 3.8) is 0 Å². The van der Waals surface area contributed by atoms with E-state index in [0.29, 0.717) is 18.2 Å². The van der Waals surface area contributed by atoms with Crippen molar-refractivity contribution in [1.29, 1.82) is 0 Å². The van der Waals surface area contributed by atoms with E-state index in [1.54, 1.807) is 0 Å². The van der Waals surface area contributed by atoms with Gasteiger partial charge >= 0.3 is 6.18 Å². The molecule has 1 aromatic rings. The van der Waals surface area contributed by atoms with Crippen LogP contribution in [0.15, 0.2) is 18.2 Å². The molecule has 0 aromatic heterocycles. The summed E-state index contributed by atoms with van der Waals surface area (Å²) in [6.07, 6.45) is -4.58. The van der Waals surface area contributed by atoms with Gasteiger partial charge in [0.1, 0.15) is 5.82 Å². The minimum Gasteiger partial charge on any atom is -0.313 e. The van der Waals surface area contributed by atoms with Crippen LogP contribution in [0.1, 0.15) is 15.9 Å². The molecular weight excluding hydrogens is 226 g/mol. The van der Waals surface area contributed by atoms with Crippen LogP contribution in [0, 0.1) is 5.82 Å². The third-order valence-electron chi connectivity index (χ3n) is 1.93. The molecule has 0 aliphatic rings. The molecule has 0 amide bonds. The lowest BCUT2D eigenvalue weighted by Crippen LogP contribution is -2.20. The molecule has 0 fully saturated rings. The van der Waals surface area contributed by atoms with Gasteiger partial charge in [-0.05, 0) is 25.2 Å². The molecule has 2 nitrogen and oxygen atoms in total. The van der Waals surface area contributed by atoms with Gasteiger partial charge in [-0.2, -0.15) is 13.2 Å². The summed E-state index contributed by atoms with van der Waals surface area (Å²) >= 11 is 0. The summed E-state index contributed by atoms with van der Waals surface area (Å²) in [6, 6.07) is 1.77. The van der Waals surface area contributed by atoms with Crippen LogP contribution >= 0.6 is 0 Å². The second-order valence-corrected chi connectivity index (χ2v) is 3.15. The summed E-state index contributed by atoms with van der Waals surface area (Å²) in [5.74, 6) is -1.67. The largest absolute Gasteiger partial charge is 0.416 e. The van der Waals surface area contributed by atoms with Crippen molar-refractivity contribution in [1.82, 2.24) is 5.32 Å². The Hall–Kier alpha value is -1.43. The number of alkyl halides is 3. The molecule has 0 aliphatic carbocycles. The van der Waals surface area contributed by atoms with E-state index in [2.05, 4.69) is 5.32 Å². The number of carbonyl (C=O) groups is 1. The van der Waals surface area contributed by atoms with Gasteiger partial charge in [-0.25, -0.2) is 4.39 Å². The summed E-state index contributed by atoms with van der Waals surface area (Å²) in [5, 5.41) is 2.45. The smallest absolute Gasteiger partial charge is 0.313 e. The maximum atomic E-state index is 13.1. The zero-order valence-corrected chi connectivity index (χ0v) is 8.36. The Morgan fingerprint density at radius 1 is 1.38 bits per heavy atom. The van der Waals surface area contributed by atoms with E-state index in [-0.39, 0.29) is 6.54 Å². The van der Waals surface area contributed by atoms with Gasteiger partial charge in [0.15, 0.2) is 5.78 Å². The predicted molar refractivity (Wildman–Crippen MR) is 49.7 cm³/mol. The Morgan fingerprint density at radius 2 is 2.00 bits per heavy atom. The molecule has 0 spiro atoms. The average molecular weight is 235 g/mol. The number of hydrogen-bond acceptors (Lipinski definition) is 2. The van der Waals surface area contributed by atoms with Crippen LogP contribution in [0.2, 0.25) is 0 Å². The maximum Gasteiger partial charge on any atom is 0.416 e. The lowest BCUT2D eigenvalue weighted by molar-refractivity contribution is -0.137. The summed E-state index contributed by atoms with van der Waals surface area (Å²) in [4.78, 5) is 11.3. The zero-order valence-electron chi connectivity index (χ0n) is 8.36. The SMILES string of the molecule is CNCC(=O)c1cc(C(F)(F)F)ccc1F. The Kier molecular flexibility index (Phi) is 3.64. The number of halogens is 4. The molecule has 0 unspecified atom stereocenters. The van der Waals surface area contributed by atoms with Gasteiger partial charge in [0.2, 0.25) is 0 Å². The van der Waals surface area contributed by atoms with Crippen molar-refractivity contribution in [3.05, 3.63) is 35.1 Å². The van der Waals surface area contributed by atoms with Crippen LogP contribution in [-0.2, 0) is 6.18 Å². The highest BCUT2D eigenvalue weighted by Crippen LogP contribution is 2.30. The molecule has 88 valence electrons. The molecule has 0 heterocycles. The Labute approximate surface area is 89.3 Å². The lowest BCUT2D eigenvalue weighted by Gasteiger charge is -2.09. The van der Waals surface area contributed by atoms with E-state index in [4.69, 9.17) is 0 Å². The van der Waals surface area contributed by atoms with Gasteiger partial charge in [-0.1, -0.05) is 0 Å². The first-order valence-corrected chi connectivity index (χ1v) is 4.41. The number of hydrogen-bond donors (Lipinski definition) is 1. The molecule has 0 atom stereocenters. The second-order valence-electron chi connectivity index (χ2n) is 3.15. The quantitative estimate of drug-likeness (QED) is 0.643. The topological polar surface area (TPSA) is 29.1 Å². The minimum absolute atomic E-state index is 0.210. The van der Waals surface area contributed by atoms with Crippen LogP contribution in [0.5, 0.6) is 0 Å². The summed E-state index contributed by atoms with van der Waals surface area (Å²) in [5.41, 5.74) is -1.59. The fraction of sp³-hybridized carbons (Fsp3) is 0.300. The number of likely N-dealkylation sites (N-methyl/N-ethyl adjacent to an activating group) is 1. The van der Waals surface area contributed by atoms with Crippen LogP contribution in [0.4, 0.5) is 17.6 Å². The number of Topliss-reactive ketones (excluding diaryl/α,β-unsaturated/α-hetero) is 1. The number of benzene rings is 1. The predicted octanol–water partition coefficient (Wildman–Crippen LogP) is 2.25. The third kappa shape index (κ3) is 2.79. The molecule has 0 saturated carbocycles. The summed E-state index contributed by atoms with van der Waals surface area (Å²) in [7, 11) is 1.45. The van der Waals surface area contributed by atoms with Gasteiger partial charge in [0.05, 0.1) is 17.7 Å². The van der Waals surface area contributed by atoms with Crippen molar-refractivity contribution in [2.24, 2.45) is 0 Å². The van der Waals surface area contributed by atoms with Crippen molar-refractivity contribution >= 4 is 5.78 Å². The molecule has 16 heavy (non-hydrogen) atoms. The molecule has 1 rings (SSSR count). The number of carbonyl (C=O) groups excluding carboxylic acids is 1. The Morgan fingerprint density at radius 3 is 2.50 bits per heavy atom. The molecule has 0 radical (unpaired) electrons. The van der Waals surface area contributed by atoms with E-state index in [0.717, 1.165) is 0 Å². The monoisotopic (exact) mass is 235 g/mol. The average Bonchev–Trinajstić information content (AvgIpc) is 2.16. The van der Waals surface area contributed by atoms with E-state index in [1.165, 1.54) is 7.05 Å². The fourth-order valence-electron chi connectivity index (χ4n) is 1.17. The van der Waals surface area contributed by atoms with E-state index in [1.807, 2.05) is 0 Å². The third-order valence-corrected chi connectivity index (χ3v) is 1.93. The van der Waals surface area contributed by atoms with Crippen LogP contribution < -0.4 is 5.32 Å². The summed E-state index contributed by atoms with van der Waals surface area (Å²) in [6.45, 7) is -0.210. The van der Waals surface area contributed by atoms with Gasteiger partial charge in [-0.3, -0.25) is 4.79 Å². The first-order valence-electron chi connectivity index (χ1n) is 4.41. The van der Waals surface area contributed by atoms with Crippen molar-refractivity contribution in [2.75, 3.05) is 13.6 Å². The number of rotatable bonds is 3. The van der Waals surface area contributed by atoms with Crippen LogP contribution in [0.25, 0.3) is 0 Å². The van der Waals surface area contributed by atoms with Gasteiger partial charge in [0, 0.05) is 0 Å². The van der Waals surface area contributed by atoms with Crippen molar-refractivity contribution in [2.45, 2.75) is 6.18 Å². The number of ketones is 1. The van der Waals surface area contributed by atoms with Crippen LogP contribution in [-0.4, -0.2) is 19.4 Å². The van der Waals surface area contributed by atoms with Gasteiger partial charge in [-0.15, -0.1) is 0 Å². The highest BCUT2D eigenvalue weighted by molar-refractivity contribution is 5.98. The molecule has 1 aromatic carbocycles. The van der Waals surface area contributed by atoms with E-state index in [9.17, 15) is 22.4 Å². The molecule has 0 saturated heterocycles. The zero-order chi connectivity index (χ0) is 12.3. The molecule has 1 N–H and O–H groups in total. The maximum absolute atomic E-state index is 13.1. The Balaban J connectivity index is 3.14. The minimum atomic E-state index is -4.58. The molecule has 6 heteroatoms. The standard InChI is InChI=1S/C10H9F4NO/c1-15-5-9(16)7-4-6(10(12,13)14)2-3-8(7)11/h2-4,15H,5H2,1H3. The molecule has 0 aliphatic heterocycles. The van der Waals surface area contributed by atoms with Gasteiger partial charge < -0.3 is 5.32 Å². The van der Waals surface area contributed by atoms with Crippen molar-refractivity contribution < 1.29 is 22.4 Å². The van der Waals surface area contributed by atoms with Crippen LogP contribution in [0.3, 0.4) is 0 Å². The summed E-state index contributed by atoms with van der Waals surface area (Å²) < 4.78 is 50.0. The molecular formula is C10H9F4NO. The Bertz CT molecular complexity index is 400.